The van der Waals surface area contributed by atoms with E-state index in [1.165, 1.54) is 7.11 Å². The number of amides is 1. The number of aryl methyl sites for hydroxylation is 1. The molecule has 3 aromatic rings. The monoisotopic (exact) mass is 376 g/mol. The summed E-state index contributed by atoms with van der Waals surface area (Å²) in [6, 6.07) is 20.9. The lowest BCUT2D eigenvalue weighted by atomic mass is 10.1. The van der Waals surface area contributed by atoms with E-state index in [4.69, 9.17) is 15.2 Å². The summed E-state index contributed by atoms with van der Waals surface area (Å²) in [5.74, 6) is 1.04. The second kappa shape index (κ2) is 8.95. The molecule has 0 unspecified atom stereocenters. The molecule has 5 nitrogen and oxygen atoms in total. The number of carbonyl (C=O) groups is 1. The molecule has 0 aliphatic rings. The second-order valence-electron chi connectivity index (χ2n) is 6.52. The highest BCUT2D eigenvalue weighted by Crippen LogP contribution is 2.23. The Balaban J connectivity index is 1.69. The minimum absolute atomic E-state index is 0.201. The van der Waals surface area contributed by atoms with E-state index in [0.717, 1.165) is 22.4 Å². The van der Waals surface area contributed by atoms with Gasteiger partial charge < -0.3 is 20.5 Å². The maximum Gasteiger partial charge on any atom is 0.251 e. The number of nitrogens with one attached hydrogen (secondary N) is 1. The lowest BCUT2D eigenvalue weighted by Crippen LogP contribution is -2.23. The Morgan fingerprint density at radius 2 is 1.79 bits per heavy atom. The summed E-state index contributed by atoms with van der Waals surface area (Å²) >= 11 is 0. The van der Waals surface area contributed by atoms with Crippen LogP contribution in [-0.4, -0.2) is 13.0 Å². The third kappa shape index (κ3) is 4.82. The number of hydrogen-bond acceptors (Lipinski definition) is 4. The highest BCUT2D eigenvalue weighted by Gasteiger charge is 2.11. The highest BCUT2D eigenvalue weighted by molar-refractivity contribution is 5.95. The number of hydrogen-bond donors (Lipinski definition) is 2. The molecular formula is C23H24N2O3. The van der Waals surface area contributed by atoms with Gasteiger partial charge in [0.15, 0.2) is 0 Å². The van der Waals surface area contributed by atoms with Crippen molar-refractivity contribution >= 4 is 11.6 Å². The van der Waals surface area contributed by atoms with Crippen molar-refractivity contribution in [3.05, 3.63) is 89.0 Å². The number of carbonyl (C=O) groups excluding carboxylic acids is 1. The van der Waals surface area contributed by atoms with Crippen molar-refractivity contribution in [3.8, 4) is 11.5 Å². The van der Waals surface area contributed by atoms with E-state index < -0.39 is 0 Å². The molecule has 1 amide bonds. The van der Waals surface area contributed by atoms with Crippen LogP contribution < -0.4 is 20.5 Å². The molecule has 3 N–H and O–H groups in total. The SMILES string of the molecule is COc1cc(C(=O)NCc2ccc(C)cc2OCc2ccccc2)ccc1N. The zero-order valence-electron chi connectivity index (χ0n) is 16.1. The van der Waals surface area contributed by atoms with E-state index in [2.05, 4.69) is 5.32 Å². The molecule has 5 heteroatoms. The van der Waals surface area contributed by atoms with Gasteiger partial charge in [0.05, 0.1) is 12.8 Å². The van der Waals surface area contributed by atoms with Crippen LogP contribution in [0.5, 0.6) is 11.5 Å². The summed E-state index contributed by atoms with van der Waals surface area (Å²) in [5, 5.41) is 2.93. The molecule has 0 aromatic heterocycles. The van der Waals surface area contributed by atoms with Gasteiger partial charge in [-0.3, -0.25) is 4.79 Å². The minimum Gasteiger partial charge on any atom is -0.495 e. The summed E-state index contributed by atoms with van der Waals surface area (Å²) in [6.07, 6.45) is 0. The lowest BCUT2D eigenvalue weighted by Gasteiger charge is -2.14. The van der Waals surface area contributed by atoms with Crippen molar-refractivity contribution in [3.63, 3.8) is 0 Å². The molecular weight excluding hydrogens is 352 g/mol. The predicted octanol–water partition coefficient (Wildman–Crippen LogP) is 4.09. The van der Waals surface area contributed by atoms with Crippen LogP contribution in [0.25, 0.3) is 0 Å². The molecule has 0 atom stereocenters. The van der Waals surface area contributed by atoms with Crippen molar-refractivity contribution in [2.45, 2.75) is 20.1 Å². The zero-order valence-corrected chi connectivity index (χ0v) is 16.1. The summed E-state index contributed by atoms with van der Waals surface area (Å²) < 4.78 is 11.2. The first-order valence-corrected chi connectivity index (χ1v) is 9.05. The number of ether oxygens (including phenoxy) is 2. The Bertz CT molecular complexity index is 955. The van der Waals surface area contributed by atoms with Crippen LogP contribution in [0, 0.1) is 6.92 Å². The molecule has 0 bridgehead atoms. The normalized spacial score (nSPS) is 10.4. The van der Waals surface area contributed by atoms with Gasteiger partial charge in [-0.1, -0.05) is 42.5 Å². The average Bonchev–Trinajstić information content (AvgIpc) is 2.72. The summed E-state index contributed by atoms with van der Waals surface area (Å²) in [7, 11) is 1.52. The molecule has 0 spiro atoms. The van der Waals surface area contributed by atoms with Crippen LogP contribution in [0.15, 0.2) is 66.7 Å². The lowest BCUT2D eigenvalue weighted by molar-refractivity contribution is 0.0950. The van der Waals surface area contributed by atoms with Crippen LogP contribution in [0.3, 0.4) is 0 Å². The predicted molar refractivity (Wildman–Crippen MR) is 111 cm³/mol. The third-order valence-electron chi connectivity index (χ3n) is 4.39. The van der Waals surface area contributed by atoms with E-state index in [0.29, 0.717) is 30.2 Å². The maximum absolute atomic E-state index is 12.5. The van der Waals surface area contributed by atoms with Crippen LogP contribution in [-0.2, 0) is 13.2 Å². The first-order chi connectivity index (χ1) is 13.6. The smallest absolute Gasteiger partial charge is 0.251 e. The molecule has 0 saturated heterocycles. The van der Waals surface area contributed by atoms with Gasteiger partial charge >= 0.3 is 0 Å². The summed E-state index contributed by atoms with van der Waals surface area (Å²) in [5.41, 5.74) is 9.90. The second-order valence-corrected chi connectivity index (χ2v) is 6.52. The van der Waals surface area contributed by atoms with Crippen LogP contribution >= 0.6 is 0 Å². The van der Waals surface area contributed by atoms with Crippen molar-refractivity contribution in [1.29, 1.82) is 0 Å². The van der Waals surface area contributed by atoms with Crippen molar-refractivity contribution in [1.82, 2.24) is 5.32 Å². The Morgan fingerprint density at radius 3 is 2.54 bits per heavy atom. The first-order valence-electron chi connectivity index (χ1n) is 9.05. The first kappa shape index (κ1) is 19.3. The molecule has 28 heavy (non-hydrogen) atoms. The molecule has 0 radical (unpaired) electrons. The van der Waals surface area contributed by atoms with Crippen LogP contribution in [0.2, 0.25) is 0 Å². The average molecular weight is 376 g/mol. The van der Waals surface area contributed by atoms with E-state index in [-0.39, 0.29) is 5.91 Å². The molecule has 0 saturated carbocycles. The number of nitrogen functional groups attached to an aromatic ring is 1. The summed E-state index contributed by atoms with van der Waals surface area (Å²) in [4.78, 5) is 12.5. The van der Waals surface area contributed by atoms with Gasteiger partial charge in [0, 0.05) is 17.7 Å². The zero-order chi connectivity index (χ0) is 19.9. The Hall–Kier alpha value is -3.47. The topological polar surface area (TPSA) is 73.6 Å². The Morgan fingerprint density at radius 1 is 1.00 bits per heavy atom. The number of methoxy groups -OCH3 is 1. The molecule has 3 aromatic carbocycles. The third-order valence-corrected chi connectivity index (χ3v) is 4.39. The van der Waals surface area contributed by atoms with Crippen molar-refractivity contribution in [2.24, 2.45) is 0 Å². The molecule has 3 rings (SSSR count). The molecule has 144 valence electrons. The van der Waals surface area contributed by atoms with Gasteiger partial charge in [0.25, 0.3) is 5.91 Å². The maximum atomic E-state index is 12.5. The standard InChI is InChI=1S/C23H24N2O3/c1-16-8-9-19(21(12-16)28-15-17-6-4-3-5-7-17)14-25-23(26)18-10-11-20(24)22(13-18)27-2/h3-13H,14-15,24H2,1-2H3,(H,25,26). The van der Waals surface area contributed by atoms with E-state index in [9.17, 15) is 4.79 Å². The van der Waals surface area contributed by atoms with Gasteiger partial charge in [-0.2, -0.15) is 0 Å². The fraction of sp³-hybridized carbons (Fsp3) is 0.174. The van der Waals surface area contributed by atoms with Gasteiger partial charge in [0.1, 0.15) is 18.1 Å². The fourth-order valence-electron chi connectivity index (χ4n) is 2.81. The Labute approximate surface area is 165 Å². The van der Waals surface area contributed by atoms with Gasteiger partial charge in [-0.15, -0.1) is 0 Å². The summed E-state index contributed by atoms with van der Waals surface area (Å²) in [6.45, 7) is 2.84. The quantitative estimate of drug-likeness (QED) is 0.609. The number of benzene rings is 3. The van der Waals surface area contributed by atoms with E-state index in [1.807, 2.05) is 55.5 Å². The minimum atomic E-state index is -0.201. The largest absolute Gasteiger partial charge is 0.495 e. The number of nitrogens with two attached hydrogens (primary N) is 1. The van der Waals surface area contributed by atoms with E-state index in [1.54, 1.807) is 18.2 Å². The molecule has 0 heterocycles. The Kier molecular flexibility index (Phi) is 6.17. The fourth-order valence-corrected chi connectivity index (χ4v) is 2.81. The van der Waals surface area contributed by atoms with Crippen LogP contribution in [0.1, 0.15) is 27.0 Å². The van der Waals surface area contributed by atoms with Crippen molar-refractivity contribution in [2.75, 3.05) is 12.8 Å². The molecule has 0 aliphatic carbocycles. The van der Waals surface area contributed by atoms with Crippen molar-refractivity contribution < 1.29 is 14.3 Å². The molecule has 0 aliphatic heterocycles. The van der Waals surface area contributed by atoms with Gasteiger partial charge in [-0.05, 0) is 42.3 Å². The highest BCUT2D eigenvalue weighted by atomic mass is 16.5. The van der Waals surface area contributed by atoms with Gasteiger partial charge in [-0.25, -0.2) is 0 Å². The van der Waals surface area contributed by atoms with Crippen LogP contribution in [0.4, 0.5) is 5.69 Å². The molecule has 0 fully saturated rings. The number of rotatable bonds is 7. The number of anilines is 1. The van der Waals surface area contributed by atoms with E-state index >= 15 is 0 Å². The van der Waals surface area contributed by atoms with Gasteiger partial charge in [0.2, 0.25) is 0 Å².